The first-order valence-corrected chi connectivity index (χ1v) is 5.89. The van der Waals surface area contributed by atoms with Gasteiger partial charge in [-0.2, -0.15) is 0 Å². The summed E-state index contributed by atoms with van der Waals surface area (Å²) in [7, 11) is 0. The van der Waals surface area contributed by atoms with Gasteiger partial charge in [-0.15, -0.1) is 0 Å². The van der Waals surface area contributed by atoms with Crippen LogP contribution in [0.5, 0.6) is 0 Å². The van der Waals surface area contributed by atoms with E-state index in [1.165, 1.54) is 6.07 Å². The quantitative estimate of drug-likeness (QED) is 0.623. The molecule has 94 valence electrons. The van der Waals surface area contributed by atoms with E-state index in [-0.39, 0.29) is 16.1 Å². The third-order valence-electron chi connectivity index (χ3n) is 2.85. The summed E-state index contributed by atoms with van der Waals surface area (Å²) in [5.41, 5.74) is 1.66. The SMILES string of the molecule is CCCC(C)(C)Nc1cccc([N+](=O)[O-])c1C. The van der Waals surface area contributed by atoms with Crippen molar-refractivity contribution in [1.82, 2.24) is 0 Å². The second-order valence-corrected chi connectivity index (χ2v) is 4.97. The Morgan fingerprint density at radius 2 is 2.06 bits per heavy atom. The fourth-order valence-electron chi connectivity index (χ4n) is 2.01. The summed E-state index contributed by atoms with van der Waals surface area (Å²) in [6.07, 6.45) is 2.10. The molecule has 1 aromatic rings. The molecule has 0 heterocycles. The van der Waals surface area contributed by atoms with E-state index in [0.717, 1.165) is 18.5 Å². The predicted octanol–water partition coefficient (Wildman–Crippen LogP) is 3.89. The maximum atomic E-state index is 10.8. The lowest BCUT2D eigenvalue weighted by Gasteiger charge is -2.28. The zero-order chi connectivity index (χ0) is 13.1. The van der Waals surface area contributed by atoms with Crippen molar-refractivity contribution >= 4 is 11.4 Å². The van der Waals surface area contributed by atoms with Gasteiger partial charge in [0.1, 0.15) is 0 Å². The molecule has 1 N–H and O–H groups in total. The molecule has 1 rings (SSSR count). The molecule has 17 heavy (non-hydrogen) atoms. The van der Waals surface area contributed by atoms with Gasteiger partial charge >= 0.3 is 0 Å². The average Bonchev–Trinajstić information content (AvgIpc) is 2.20. The maximum absolute atomic E-state index is 10.8. The molecule has 0 amide bonds. The molecule has 0 saturated carbocycles. The minimum absolute atomic E-state index is 0.0469. The van der Waals surface area contributed by atoms with Gasteiger partial charge in [0.25, 0.3) is 5.69 Å². The Bertz CT molecular complexity index is 414. The number of benzene rings is 1. The van der Waals surface area contributed by atoms with Gasteiger partial charge in [-0.1, -0.05) is 19.4 Å². The summed E-state index contributed by atoms with van der Waals surface area (Å²) >= 11 is 0. The molecule has 0 aliphatic heterocycles. The van der Waals surface area contributed by atoms with Crippen LogP contribution >= 0.6 is 0 Å². The fourth-order valence-corrected chi connectivity index (χ4v) is 2.01. The second kappa shape index (κ2) is 5.17. The molecular formula is C13H20N2O2. The van der Waals surface area contributed by atoms with Crippen molar-refractivity contribution in [2.75, 3.05) is 5.32 Å². The number of nitrogens with one attached hydrogen (secondary N) is 1. The van der Waals surface area contributed by atoms with E-state index in [0.29, 0.717) is 5.56 Å². The zero-order valence-corrected chi connectivity index (χ0v) is 10.9. The normalized spacial score (nSPS) is 11.3. The third kappa shape index (κ3) is 3.44. The largest absolute Gasteiger partial charge is 0.380 e. The van der Waals surface area contributed by atoms with Crippen LogP contribution < -0.4 is 5.32 Å². The summed E-state index contributed by atoms with van der Waals surface area (Å²) in [6, 6.07) is 5.14. The Morgan fingerprint density at radius 3 is 2.59 bits per heavy atom. The molecule has 0 unspecified atom stereocenters. The van der Waals surface area contributed by atoms with Gasteiger partial charge < -0.3 is 5.32 Å². The number of anilines is 1. The summed E-state index contributed by atoms with van der Waals surface area (Å²) in [4.78, 5) is 10.5. The van der Waals surface area contributed by atoms with Gasteiger partial charge in [-0.3, -0.25) is 10.1 Å². The van der Waals surface area contributed by atoms with Gasteiger partial charge in [0.05, 0.1) is 4.92 Å². The second-order valence-electron chi connectivity index (χ2n) is 4.97. The van der Waals surface area contributed by atoms with Crippen LogP contribution in [0.2, 0.25) is 0 Å². The van der Waals surface area contributed by atoms with Crippen molar-refractivity contribution in [2.24, 2.45) is 0 Å². The Balaban J connectivity index is 3.00. The van der Waals surface area contributed by atoms with Crippen LogP contribution in [0.4, 0.5) is 11.4 Å². The Morgan fingerprint density at radius 1 is 1.41 bits per heavy atom. The molecule has 0 radical (unpaired) electrons. The van der Waals surface area contributed by atoms with Crippen molar-refractivity contribution in [3.05, 3.63) is 33.9 Å². The molecule has 0 saturated heterocycles. The average molecular weight is 236 g/mol. The van der Waals surface area contributed by atoms with Crippen LogP contribution in [0.1, 0.15) is 39.2 Å². The van der Waals surface area contributed by atoms with E-state index in [9.17, 15) is 10.1 Å². The summed E-state index contributed by atoms with van der Waals surface area (Å²) in [5, 5.41) is 14.2. The summed E-state index contributed by atoms with van der Waals surface area (Å²) in [6.45, 7) is 8.12. The van der Waals surface area contributed by atoms with Crippen LogP contribution in [0.15, 0.2) is 18.2 Å². The van der Waals surface area contributed by atoms with Crippen molar-refractivity contribution in [2.45, 2.75) is 46.1 Å². The lowest BCUT2D eigenvalue weighted by atomic mass is 9.97. The number of nitro groups is 1. The maximum Gasteiger partial charge on any atom is 0.274 e. The van der Waals surface area contributed by atoms with E-state index in [1.807, 2.05) is 6.07 Å². The molecule has 0 bridgehead atoms. The van der Waals surface area contributed by atoms with Gasteiger partial charge in [-0.05, 0) is 33.3 Å². The third-order valence-corrected chi connectivity index (χ3v) is 2.85. The molecule has 0 spiro atoms. The van der Waals surface area contributed by atoms with Gasteiger partial charge in [0.15, 0.2) is 0 Å². The zero-order valence-electron chi connectivity index (χ0n) is 10.9. The molecule has 4 nitrogen and oxygen atoms in total. The Labute approximate surface area is 102 Å². The topological polar surface area (TPSA) is 55.2 Å². The molecule has 0 aliphatic rings. The first kappa shape index (κ1) is 13.5. The van der Waals surface area contributed by atoms with Crippen LogP contribution in [0, 0.1) is 17.0 Å². The highest BCUT2D eigenvalue weighted by Gasteiger charge is 2.20. The van der Waals surface area contributed by atoms with Crippen LogP contribution in [-0.4, -0.2) is 10.5 Å². The predicted molar refractivity (Wildman–Crippen MR) is 70.4 cm³/mol. The van der Waals surface area contributed by atoms with Gasteiger partial charge in [-0.25, -0.2) is 0 Å². The highest BCUT2D eigenvalue weighted by molar-refractivity contribution is 5.60. The van der Waals surface area contributed by atoms with E-state index in [4.69, 9.17) is 0 Å². The molecule has 4 heteroatoms. The molecule has 0 fully saturated rings. The van der Waals surface area contributed by atoms with Crippen LogP contribution in [0.25, 0.3) is 0 Å². The highest BCUT2D eigenvalue weighted by Crippen LogP contribution is 2.28. The van der Waals surface area contributed by atoms with E-state index >= 15 is 0 Å². The van der Waals surface area contributed by atoms with Crippen LogP contribution in [0.3, 0.4) is 0 Å². The van der Waals surface area contributed by atoms with Crippen molar-refractivity contribution in [1.29, 1.82) is 0 Å². The van der Waals surface area contributed by atoms with Gasteiger partial charge in [0.2, 0.25) is 0 Å². The van der Waals surface area contributed by atoms with Crippen molar-refractivity contribution in [3.8, 4) is 0 Å². The summed E-state index contributed by atoms with van der Waals surface area (Å²) in [5.74, 6) is 0. The fraction of sp³-hybridized carbons (Fsp3) is 0.538. The first-order chi connectivity index (χ1) is 7.87. The number of nitrogens with zero attached hydrogens (tertiary/aromatic N) is 1. The minimum atomic E-state index is -0.340. The smallest absolute Gasteiger partial charge is 0.274 e. The van der Waals surface area contributed by atoms with Crippen molar-refractivity contribution < 1.29 is 4.92 Å². The molecule has 0 aliphatic carbocycles. The molecule has 0 aromatic heterocycles. The molecular weight excluding hydrogens is 216 g/mol. The first-order valence-electron chi connectivity index (χ1n) is 5.89. The lowest BCUT2D eigenvalue weighted by molar-refractivity contribution is -0.385. The standard InChI is InChI=1S/C13H20N2O2/c1-5-9-13(3,4)14-11-7-6-8-12(10(11)2)15(16)17/h6-8,14H,5,9H2,1-4H3. The van der Waals surface area contributed by atoms with Gasteiger partial charge in [0, 0.05) is 22.9 Å². The molecule has 0 atom stereocenters. The van der Waals surface area contributed by atoms with E-state index < -0.39 is 0 Å². The Kier molecular flexibility index (Phi) is 4.10. The number of rotatable bonds is 5. The van der Waals surface area contributed by atoms with E-state index in [1.54, 1.807) is 13.0 Å². The van der Waals surface area contributed by atoms with E-state index in [2.05, 4.69) is 26.1 Å². The Hall–Kier alpha value is -1.58. The number of nitro benzene ring substituents is 1. The monoisotopic (exact) mass is 236 g/mol. The molecule has 1 aromatic carbocycles. The van der Waals surface area contributed by atoms with Crippen LogP contribution in [-0.2, 0) is 0 Å². The van der Waals surface area contributed by atoms with Crippen molar-refractivity contribution in [3.63, 3.8) is 0 Å². The lowest BCUT2D eigenvalue weighted by Crippen LogP contribution is -2.30. The number of hydrogen-bond acceptors (Lipinski definition) is 3. The minimum Gasteiger partial charge on any atom is -0.380 e. The number of hydrogen-bond donors (Lipinski definition) is 1. The summed E-state index contributed by atoms with van der Waals surface area (Å²) < 4.78 is 0. The highest BCUT2D eigenvalue weighted by atomic mass is 16.6.